The van der Waals surface area contributed by atoms with E-state index in [2.05, 4.69) is 34.0 Å². The van der Waals surface area contributed by atoms with E-state index in [0.717, 1.165) is 61.0 Å². The van der Waals surface area contributed by atoms with E-state index in [1.165, 1.54) is 11.3 Å². The number of hydrogen-bond donors (Lipinski definition) is 1. The quantitative estimate of drug-likeness (QED) is 0.788. The molecule has 6 nitrogen and oxygen atoms in total. The van der Waals surface area contributed by atoms with Gasteiger partial charge in [-0.25, -0.2) is 9.97 Å². The molecule has 1 aliphatic heterocycles. The molecule has 7 heteroatoms. The molecule has 1 fully saturated rings. The van der Waals surface area contributed by atoms with Gasteiger partial charge < -0.3 is 15.0 Å². The molecular formula is C20H28N4O2S. The Hall–Kier alpha value is -1.99. The first kappa shape index (κ1) is 19.8. The number of amides is 1. The minimum absolute atomic E-state index is 0.0566. The lowest BCUT2D eigenvalue weighted by Gasteiger charge is -2.32. The molecule has 2 aromatic rings. The van der Waals surface area contributed by atoms with E-state index in [0.29, 0.717) is 11.4 Å². The molecule has 1 amide bonds. The fourth-order valence-corrected chi connectivity index (χ4v) is 4.12. The molecular weight excluding hydrogens is 360 g/mol. The number of ether oxygens (including phenoxy) is 1. The smallest absolute Gasteiger partial charge is 0.263 e. The van der Waals surface area contributed by atoms with Crippen LogP contribution in [0.3, 0.4) is 0 Å². The lowest BCUT2D eigenvalue weighted by atomic mass is 10.2. The maximum atomic E-state index is 12.5. The van der Waals surface area contributed by atoms with E-state index in [4.69, 9.17) is 4.74 Å². The molecule has 0 radical (unpaired) electrons. The van der Waals surface area contributed by atoms with Gasteiger partial charge in [0.1, 0.15) is 10.7 Å². The Kier molecular flexibility index (Phi) is 6.79. The van der Waals surface area contributed by atoms with Gasteiger partial charge in [-0.15, -0.1) is 11.3 Å². The van der Waals surface area contributed by atoms with Gasteiger partial charge in [0, 0.05) is 25.8 Å². The summed E-state index contributed by atoms with van der Waals surface area (Å²) in [5, 5.41) is 4.04. The number of pyridine rings is 1. The molecule has 1 unspecified atom stereocenters. The molecule has 1 aliphatic rings. The Morgan fingerprint density at radius 2 is 2.30 bits per heavy atom. The van der Waals surface area contributed by atoms with Crippen LogP contribution in [0.4, 0.5) is 5.82 Å². The molecule has 3 rings (SSSR count). The van der Waals surface area contributed by atoms with Crippen molar-refractivity contribution in [2.45, 2.75) is 52.7 Å². The largest absolute Gasteiger partial charge is 0.375 e. The maximum Gasteiger partial charge on any atom is 0.263 e. The van der Waals surface area contributed by atoms with E-state index in [1.807, 2.05) is 25.3 Å². The monoisotopic (exact) mass is 388 g/mol. The number of nitrogens with zero attached hydrogens (tertiary/aromatic N) is 3. The molecule has 27 heavy (non-hydrogen) atoms. The van der Waals surface area contributed by atoms with E-state index in [1.54, 1.807) is 0 Å². The molecule has 1 N–H and O–H groups in total. The third-order valence-corrected chi connectivity index (χ3v) is 5.83. The summed E-state index contributed by atoms with van der Waals surface area (Å²) in [5.74, 6) is 0.901. The second-order valence-electron chi connectivity index (χ2n) is 6.96. The predicted molar refractivity (Wildman–Crippen MR) is 108 cm³/mol. The first-order chi connectivity index (χ1) is 13.1. The number of aromatic nitrogens is 2. The van der Waals surface area contributed by atoms with Crippen LogP contribution in [0.25, 0.3) is 0 Å². The molecule has 0 aliphatic carbocycles. The Balaban J connectivity index is 1.55. The number of hydrogen-bond acceptors (Lipinski definition) is 6. The summed E-state index contributed by atoms with van der Waals surface area (Å²) in [4.78, 5) is 24.5. The van der Waals surface area contributed by atoms with Crippen LogP contribution in [-0.4, -0.2) is 41.7 Å². The number of nitrogens with one attached hydrogen (secondary N) is 1. The van der Waals surface area contributed by atoms with Crippen LogP contribution in [0.1, 0.15) is 52.6 Å². The van der Waals surface area contributed by atoms with Crippen LogP contribution in [0.5, 0.6) is 0 Å². The average molecular weight is 389 g/mol. The van der Waals surface area contributed by atoms with Crippen LogP contribution in [0, 0.1) is 6.92 Å². The summed E-state index contributed by atoms with van der Waals surface area (Å²) >= 11 is 1.51. The first-order valence-corrected chi connectivity index (χ1v) is 10.4. The molecule has 0 aromatic carbocycles. The Morgan fingerprint density at radius 1 is 1.44 bits per heavy atom. The standard InChI is InChI=1S/C20H28N4O2S/c1-4-5-6-18-23-15(3)19(27-18)20(25)22-12-16-7-8-17(21-11-16)24-9-10-26-14(2)13-24/h7-8,11,14H,4-6,9-10,12-13H2,1-3H3,(H,22,25). The summed E-state index contributed by atoms with van der Waals surface area (Å²) < 4.78 is 5.57. The van der Waals surface area contributed by atoms with Crippen LogP contribution < -0.4 is 10.2 Å². The number of carbonyl (C=O) groups excluding carboxylic acids is 1. The minimum atomic E-state index is -0.0566. The zero-order valence-corrected chi connectivity index (χ0v) is 17.1. The average Bonchev–Trinajstić information content (AvgIpc) is 3.05. The molecule has 2 aromatic heterocycles. The van der Waals surface area contributed by atoms with Crippen molar-refractivity contribution in [3.63, 3.8) is 0 Å². The maximum absolute atomic E-state index is 12.5. The lowest BCUT2D eigenvalue weighted by Crippen LogP contribution is -2.41. The number of aryl methyl sites for hydroxylation is 2. The molecule has 1 saturated heterocycles. The zero-order chi connectivity index (χ0) is 19.2. The van der Waals surface area contributed by atoms with Gasteiger partial charge in [0.2, 0.25) is 0 Å². The van der Waals surface area contributed by atoms with Gasteiger partial charge in [-0.2, -0.15) is 0 Å². The highest BCUT2D eigenvalue weighted by Gasteiger charge is 2.18. The second-order valence-corrected chi connectivity index (χ2v) is 8.04. The van der Waals surface area contributed by atoms with Crippen molar-refractivity contribution in [3.05, 3.63) is 39.5 Å². The molecule has 0 saturated carbocycles. The van der Waals surface area contributed by atoms with Crippen molar-refractivity contribution in [2.24, 2.45) is 0 Å². The van der Waals surface area contributed by atoms with Gasteiger partial charge in [-0.3, -0.25) is 4.79 Å². The fraction of sp³-hybridized carbons (Fsp3) is 0.550. The molecule has 1 atom stereocenters. The molecule has 0 spiro atoms. The van der Waals surface area contributed by atoms with Crippen LogP contribution in [0.2, 0.25) is 0 Å². The first-order valence-electron chi connectivity index (χ1n) is 9.62. The van der Waals surface area contributed by atoms with Crippen LogP contribution >= 0.6 is 11.3 Å². The predicted octanol–water partition coefficient (Wildman–Crippen LogP) is 3.34. The third-order valence-electron chi connectivity index (χ3n) is 4.62. The zero-order valence-electron chi connectivity index (χ0n) is 16.3. The normalized spacial score (nSPS) is 17.1. The van der Waals surface area contributed by atoms with Crippen molar-refractivity contribution in [1.29, 1.82) is 0 Å². The molecule has 0 bridgehead atoms. The van der Waals surface area contributed by atoms with E-state index in [-0.39, 0.29) is 12.0 Å². The fourth-order valence-electron chi connectivity index (χ4n) is 3.10. The number of rotatable bonds is 7. The van der Waals surface area contributed by atoms with E-state index < -0.39 is 0 Å². The third kappa shape index (κ3) is 5.26. The van der Waals surface area contributed by atoms with Gasteiger partial charge in [-0.05, 0) is 38.3 Å². The number of anilines is 1. The number of thiazole rings is 1. The summed E-state index contributed by atoms with van der Waals surface area (Å²) in [6.45, 7) is 9.05. The van der Waals surface area contributed by atoms with Crippen LogP contribution in [0.15, 0.2) is 18.3 Å². The van der Waals surface area contributed by atoms with E-state index in [9.17, 15) is 4.79 Å². The summed E-state index contributed by atoms with van der Waals surface area (Å²) in [6, 6.07) is 4.04. The number of morpholine rings is 1. The highest BCUT2D eigenvalue weighted by molar-refractivity contribution is 7.13. The van der Waals surface area contributed by atoms with Crippen LogP contribution in [-0.2, 0) is 17.7 Å². The number of unbranched alkanes of at least 4 members (excludes halogenated alkanes) is 1. The topological polar surface area (TPSA) is 67.4 Å². The Labute approximate surface area is 165 Å². The van der Waals surface area contributed by atoms with Gasteiger partial charge in [0.15, 0.2) is 0 Å². The minimum Gasteiger partial charge on any atom is -0.375 e. The van der Waals surface area contributed by atoms with Gasteiger partial charge in [0.05, 0.1) is 23.4 Å². The van der Waals surface area contributed by atoms with Crippen molar-refractivity contribution in [3.8, 4) is 0 Å². The second kappa shape index (κ2) is 9.28. The van der Waals surface area contributed by atoms with Crippen molar-refractivity contribution < 1.29 is 9.53 Å². The van der Waals surface area contributed by atoms with Gasteiger partial charge in [-0.1, -0.05) is 19.4 Å². The van der Waals surface area contributed by atoms with Gasteiger partial charge in [0.25, 0.3) is 5.91 Å². The van der Waals surface area contributed by atoms with Gasteiger partial charge >= 0.3 is 0 Å². The summed E-state index contributed by atoms with van der Waals surface area (Å²) in [7, 11) is 0. The molecule has 3 heterocycles. The highest BCUT2D eigenvalue weighted by Crippen LogP contribution is 2.20. The molecule has 146 valence electrons. The van der Waals surface area contributed by atoms with E-state index >= 15 is 0 Å². The Morgan fingerprint density at radius 3 is 3.00 bits per heavy atom. The summed E-state index contributed by atoms with van der Waals surface area (Å²) in [5.41, 5.74) is 1.81. The number of carbonyl (C=O) groups is 1. The van der Waals surface area contributed by atoms with Crippen molar-refractivity contribution >= 4 is 23.1 Å². The lowest BCUT2D eigenvalue weighted by molar-refractivity contribution is 0.0529. The highest BCUT2D eigenvalue weighted by atomic mass is 32.1. The Bertz CT molecular complexity index is 760. The summed E-state index contributed by atoms with van der Waals surface area (Å²) in [6.07, 6.45) is 5.24. The van der Waals surface area contributed by atoms with Crippen molar-refractivity contribution in [1.82, 2.24) is 15.3 Å². The SMILES string of the molecule is CCCCc1nc(C)c(C(=O)NCc2ccc(N3CCOC(C)C3)nc2)s1. The van der Waals surface area contributed by atoms with Crippen molar-refractivity contribution in [2.75, 3.05) is 24.6 Å².